The summed E-state index contributed by atoms with van der Waals surface area (Å²) in [5.41, 5.74) is 12.4. The highest BCUT2D eigenvalue weighted by atomic mass is 14.9. The van der Waals surface area contributed by atoms with Gasteiger partial charge in [-0.3, -0.25) is 0 Å². The molecule has 162 valence electrons. The predicted octanol–water partition coefficient (Wildman–Crippen LogP) is 7.49. The minimum atomic E-state index is 0.00806. The van der Waals surface area contributed by atoms with Gasteiger partial charge in [0.2, 0.25) is 5.69 Å². The molecular weight excluding hydrogens is 386 g/mol. The second-order valence-electron chi connectivity index (χ2n) is 10.8. The highest BCUT2D eigenvalue weighted by Crippen LogP contribution is 2.57. The fourth-order valence-corrected chi connectivity index (χ4v) is 5.81. The van der Waals surface area contributed by atoms with Crippen LogP contribution in [0.25, 0.3) is 33.2 Å². The van der Waals surface area contributed by atoms with Crippen molar-refractivity contribution >= 4 is 10.8 Å². The van der Waals surface area contributed by atoms with E-state index in [2.05, 4.69) is 121 Å². The molecule has 0 saturated carbocycles. The molecule has 1 aliphatic carbocycles. The fourth-order valence-electron chi connectivity index (χ4n) is 5.81. The summed E-state index contributed by atoms with van der Waals surface area (Å²) < 4.78 is 2.27. The number of aromatic nitrogens is 1. The molecule has 1 aliphatic rings. The van der Waals surface area contributed by atoms with Crippen LogP contribution < -0.4 is 4.57 Å². The SMILES string of the molecule is Cc1cc(-c2ccc3c(c2C)-c2ccc4ccccc4c2C(C)(C)C3(C)C)[n+](C)cc1C. The molecule has 32 heavy (non-hydrogen) atoms. The lowest BCUT2D eigenvalue weighted by molar-refractivity contribution is -0.660. The molecule has 0 atom stereocenters. The van der Waals surface area contributed by atoms with Crippen LogP contribution in [-0.4, -0.2) is 0 Å². The van der Waals surface area contributed by atoms with Crippen molar-refractivity contribution in [3.05, 3.63) is 88.6 Å². The molecule has 1 aromatic heterocycles. The van der Waals surface area contributed by atoms with Crippen LogP contribution in [0.2, 0.25) is 0 Å². The Morgan fingerprint density at radius 3 is 2.16 bits per heavy atom. The van der Waals surface area contributed by atoms with E-state index in [9.17, 15) is 0 Å². The number of benzene rings is 3. The molecule has 0 saturated heterocycles. The van der Waals surface area contributed by atoms with Gasteiger partial charge in [-0.2, -0.15) is 0 Å². The van der Waals surface area contributed by atoms with Gasteiger partial charge in [-0.25, -0.2) is 4.57 Å². The normalized spacial score (nSPS) is 16.0. The van der Waals surface area contributed by atoms with E-state index in [1.54, 1.807) is 0 Å². The van der Waals surface area contributed by atoms with E-state index < -0.39 is 0 Å². The molecule has 0 aliphatic heterocycles. The molecule has 0 unspecified atom stereocenters. The summed E-state index contributed by atoms with van der Waals surface area (Å²) in [5, 5.41) is 2.71. The van der Waals surface area contributed by atoms with Gasteiger partial charge in [0.1, 0.15) is 7.05 Å². The van der Waals surface area contributed by atoms with Gasteiger partial charge in [0.05, 0.1) is 0 Å². The Kier molecular flexibility index (Phi) is 4.44. The van der Waals surface area contributed by atoms with Crippen molar-refractivity contribution in [2.45, 2.75) is 59.3 Å². The van der Waals surface area contributed by atoms with Gasteiger partial charge in [-0.15, -0.1) is 0 Å². The van der Waals surface area contributed by atoms with Crippen LogP contribution in [0.15, 0.2) is 60.8 Å². The quantitative estimate of drug-likeness (QED) is 0.281. The van der Waals surface area contributed by atoms with Gasteiger partial charge in [-0.05, 0) is 76.4 Å². The second kappa shape index (κ2) is 6.78. The molecule has 0 bridgehead atoms. The smallest absolute Gasteiger partial charge is 0.201 e. The third kappa shape index (κ3) is 2.67. The minimum absolute atomic E-state index is 0.00806. The monoisotopic (exact) mass is 420 g/mol. The van der Waals surface area contributed by atoms with E-state index in [-0.39, 0.29) is 10.8 Å². The second-order valence-corrected chi connectivity index (χ2v) is 10.8. The topological polar surface area (TPSA) is 3.88 Å². The third-order valence-corrected chi connectivity index (χ3v) is 8.54. The van der Waals surface area contributed by atoms with Crippen LogP contribution in [0.1, 0.15) is 55.5 Å². The summed E-state index contributed by atoms with van der Waals surface area (Å²) in [4.78, 5) is 0. The van der Waals surface area contributed by atoms with Crippen molar-refractivity contribution in [3.8, 4) is 22.4 Å². The number of hydrogen-bond acceptors (Lipinski definition) is 0. The number of nitrogens with zero attached hydrogens (tertiary/aromatic N) is 1. The molecule has 1 heteroatoms. The Labute approximate surface area is 192 Å². The van der Waals surface area contributed by atoms with Crippen molar-refractivity contribution in [3.63, 3.8) is 0 Å². The van der Waals surface area contributed by atoms with Crippen molar-refractivity contribution in [1.29, 1.82) is 0 Å². The van der Waals surface area contributed by atoms with E-state index in [1.165, 1.54) is 61.0 Å². The van der Waals surface area contributed by atoms with Crippen LogP contribution in [-0.2, 0) is 17.9 Å². The van der Waals surface area contributed by atoms with Crippen LogP contribution in [0.5, 0.6) is 0 Å². The summed E-state index contributed by atoms with van der Waals surface area (Å²) in [7, 11) is 2.16. The number of fused-ring (bicyclic) bond motifs is 5. The van der Waals surface area contributed by atoms with Crippen LogP contribution in [0.3, 0.4) is 0 Å². The Morgan fingerprint density at radius 1 is 0.719 bits per heavy atom. The average molecular weight is 421 g/mol. The van der Waals surface area contributed by atoms with E-state index in [4.69, 9.17) is 0 Å². The standard InChI is InChI=1S/C31H34N/c1-19-17-27(32(8)18-20(19)2)23-15-16-26-28(21(23)3)25-14-13-22-11-9-10-12-24(22)29(25)31(6,7)30(26,4)5/h9-18H,1-8H3/q+1. The molecule has 0 fully saturated rings. The first-order chi connectivity index (χ1) is 15.1. The van der Waals surface area contributed by atoms with Gasteiger partial charge in [0.15, 0.2) is 6.20 Å². The summed E-state index contributed by atoms with van der Waals surface area (Å²) in [5.74, 6) is 0. The number of aryl methyl sites for hydroxylation is 3. The first-order valence-electron chi connectivity index (χ1n) is 11.7. The van der Waals surface area contributed by atoms with Crippen LogP contribution in [0, 0.1) is 20.8 Å². The Bertz CT molecular complexity index is 1400. The molecule has 0 N–H and O–H groups in total. The number of pyridine rings is 1. The van der Waals surface area contributed by atoms with Crippen molar-refractivity contribution in [2.24, 2.45) is 7.05 Å². The molecule has 0 radical (unpaired) electrons. The summed E-state index contributed by atoms with van der Waals surface area (Å²) in [6, 6.07) is 20.6. The maximum Gasteiger partial charge on any atom is 0.212 e. The summed E-state index contributed by atoms with van der Waals surface area (Å²) in [6.45, 7) is 16.4. The molecule has 1 heterocycles. The zero-order valence-electron chi connectivity index (χ0n) is 20.7. The maximum atomic E-state index is 2.42. The molecule has 5 rings (SSSR count). The largest absolute Gasteiger partial charge is 0.212 e. The Morgan fingerprint density at radius 2 is 1.41 bits per heavy atom. The summed E-state index contributed by atoms with van der Waals surface area (Å²) >= 11 is 0. The lowest BCUT2D eigenvalue weighted by Gasteiger charge is -2.49. The van der Waals surface area contributed by atoms with Gasteiger partial charge in [-0.1, -0.05) is 70.2 Å². The van der Waals surface area contributed by atoms with Crippen molar-refractivity contribution in [2.75, 3.05) is 0 Å². The van der Waals surface area contributed by atoms with Gasteiger partial charge >= 0.3 is 0 Å². The van der Waals surface area contributed by atoms with Crippen LogP contribution in [0.4, 0.5) is 0 Å². The maximum absolute atomic E-state index is 2.42. The first-order valence-corrected chi connectivity index (χ1v) is 11.7. The molecule has 0 amide bonds. The van der Waals surface area contributed by atoms with Crippen molar-refractivity contribution < 1.29 is 4.57 Å². The van der Waals surface area contributed by atoms with E-state index in [1.807, 2.05) is 0 Å². The van der Waals surface area contributed by atoms with E-state index >= 15 is 0 Å². The van der Waals surface area contributed by atoms with Crippen molar-refractivity contribution in [1.82, 2.24) is 0 Å². The van der Waals surface area contributed by atoms with Gasteiger partial charge < -0.3 is 0 Å². The third-order valence-electron chi connectivity index (χ3n) is 8.54. The lowest BCUT2D eigenvalue weighted by Crippen LogP contribution is -2.44. The average Bonchev–Trinajstić information content (AvgIpc) is 2.74. The molecule has 4 aromatic rings. The zero-order valence-corrected chi connectivity index (χ0v) is 20.7. The van der Waals surface area contributed by atoms with Gasteiger partial charge in [0, 0.05) is 22.6 Å². The summed E-state index contributed by atoms with van der Waals surface area (Å²) in [6.07, 6.45) is 2.25. The molecule has 0 spiro atoms. The Hall–Kier alpha value is -2.93. The van der Waals surface area contributed by atoms with Crippen LogP contribution >= 0.6 is 0 Å². The van der Waals surface area contributed by atoms with Gasteiger partial charge in [0.25, 0.3) is 0 Å². The Balaban J connectivity index is 1.90. The molecule has 3 aromatic carbocycles. The van der Waals surface area contributed by atoms with E-state index in [0.29, 0.717) is 0 Å². The molecule has 1 nitrogen and oxygen atoms in total. The number of rotatable bonds is 1. The van der Waals surface area contributed by atoms with E-state index in [0.717, 1.165) is 0 Å². The molecular formula is C31H34N+. The highest BCUT2D eigenvalue weighted by Gasteiger charge is 2.47. The predicted molar refractivity (Wildman–Crippen MR) is 136 cm³/mol. The highest BCUT2D eigenvalue weighted by molar-refractivity contribution is 5.97. The first kappa shape index (κ1) is 20.9. The minimum Gasteiger partial charge on any atom is -0.201 e. The fraction of sp³-hybridized carbons (Fsp3) is 0.323. The lowest BCUT2D eigenvalue weighted by atomic mass is 9.54. The zero-order chi connectivity index (χ0) is 23.0. The number of hydrogen-bond donors (Lipinski definition) is 0.